The molecule has 3 rings (SSSR count). The summed E-state index contributed by atoms with van der Waals surface area (Å²) in [6.07, 6.45) is 2.63. The summed E-state index contributed by atoms with van der Waals surface area (Å²) in [5.74, 6) is 0.365. The van der Waals surface area contributed by atoms with Gasteiger partial charge in [0, 0.05) is 33.1 Å². The zero-order chi connectivity index (χ0) is 15.0. The molecule has 0 radical (unpaired) electrons. The van der Waals surface area contributed by atoms with Gasteiger partial charge >= 0.3 is 0 Å². The molecule has 1 fully saturated rings. The first-order chi connectivity index (χ1) is 10.1. The van der Waals surface area contributed by atoms with E-state index in [9.17, 15) is 9.59 Å². The molecule has 0 spiro atoms. The van der Waals surface area contributed by atoms with Gasteiger partial charge in [0.05, 0.1) is 9.58 Å². The van der Waals surface area contributed by atoms with E-state index in [1.165, 1.54) is 11.3 Å². The predicted molar refractivity (Wildman–Crippen MR) is 86.5 cm³/mol. The lowest BCUT2D eigenvalue weighted by Gasteiger charge is -2.32. The number of aromatic nitrogens is 1. The number of anilines is 1. The van der Waals surface area contributed by atoms with Crippen LogP contribution in [0.25, 0.3) is 9.53 Å². The fourth-order valence-corrected chi connectivity index (χ4v) is 4.70. The topological polar surface area (TPSA) is 53.5 Å². The lowest BCUT2D eigenvalue weighted by atomic mass is 9.96. The summed E-state index contributed by atoms with van der Waals surface area (Å²) in [6, 6.07) is 1.90. The van der Waals surface area contributed by atoms with Gasteiger partial charge in [0.2, 0.25) is 5.91 Å². The molecule has 1 amide bonds. The highest BCUT2D eigenvalue weighted by Gasteiger charge is 2.27. The maximum atomic E-state index is 12.0. The number of thiazole rings is 1. The van der Waals surface area contributed by atoms with Crippen LogP contribution in [0.4, 0.5) is 5.13 Å². The van der Waals surface area contributed by atoms with Gasteiger partial charge in [-0.1, -0.05) is 11.3 Å². The number of rotatable bonds is 3. The molecule has 0 bridgehead atoms. The summed E-state index contributed by atoms with van der Waals surface area (Å²) in [7, 11) is 3.63. The summed E-state index contributed by atoms with van der Waals surface area (Å²) in [6.45, 7) is 1.73. The van der Waals surface area contributed by atoms with Crippen molar-refractivity contribution in [3.05, 3.63) is 10.9 Å². The predicted octanol–water partition coefficient (Wildman–Crippen LogP) is 2.47. The van der Waals surface area contributed by atoms with Crippen LogP contribution in [0.3, 0.4) is 0 Å². The minimum absolute atomic E-state index is 0.138. The molecule has 0 unspecified atom stereocenters. The fourth-order valence-electron chi connectivity index (χ4n) is 2.62. The molecule has 1 saturated heterocycles. The largest absolute Gasteiger partial charge is 0.349 e. The summed E-state index contributed by atoms with van der Waals surface area (Å²) < 4.78 is 1.07. The van der Waals surface area contributed by atoms with Crippen LogP contribution in [0.15, 0.2) is 6.07 Å². The average Bonchev–Trinajstić information content (AvgIpc) is 3.04. The number of aldehydes is 1. The van der Waals surface area contributed by atoms with E-state index in [0.29, 0.717) is 0 Å². The molecule has 3 heterocycles. The number of nitrogens with zero attached hydrogens (tertiary/aromatic N) is 3. The molecule has 7 heteroatoms. The molecule has 2 aromatic heterocycles. The summed E-state index contributed by atoms with van der Waals surface area (Å²) >= 11 is 3.06. The molecule has 1 aliphatic heterocycles. The second kappa shape index (κ2) is 5.73. The number of fused-ring (bicyclic) bond motifs is 1. The summed E-state index contributed by atoms with van der Waals surface area (Å²) in [4.78, 5) is 32.9. The fraction of sp³-hybridized carbons (Fsp3) is 0.500. The third-order valence-corrected chi connectivity index (χ3v) is 5.92. The third kappa shape index (κ3) is 2.80. The number of piperidine rings is 1. The van der Waals surface area contributed by atoms with Gasteiger partial charge in [-0.25, -0.2) is 4.98 Å². The van der Waals surface area contributed by atoms with Crippen LogP contribution in [0.1, 0.15) is 22.5 Å². The van der Waals surface area contributed by atoms with Crippen LogP contribution in [0.5, 0.6) is 0 Å². The summed E-state index contributed by atoms with van der Waals surface area (Å²) in [5, 5.41) is 1.00. The van der Waals surface area contributed by atoms with Crippen molar-refractivity contribution in [1.29, 1.82) is 0 Å². The molecule has 5 nitrogen and oxygen atoms in total. The minimum atomic E-state index is 0.138. The second-order valence-corrected chi connectivity index (χ2v) is 7.50. The van der Waals surface area contributed by atoms with Gasteiger partial charge in [-0.2, -0.15) is 0 Å². The van der Waals surface area contributed by atoms with Crippen molar-refractivity contribution in [3.63, 3.8) is 0 Å². The molecule has 1 aliphatic rings. The Balaban J connectivity index is 1.69. The highest BCUT2D eigenvalue weighted by molar-refractivity contribution is 7.29. The second-order valence-electron chi connectivity index (χ2n) is 5.43. The van der Waals surface area contributed by atoms with Crippen LogP contribution in [0.2, 0.25) is 0 Å². The van der Waals surface area contributed by atoms with Crippen LogP contribution in [0, 0.1) is 5.92 Å². The van der Waals surface area contributed by atoms with E-state index >= 15 is 0 Å². The Morgan fingerprint density at radius 3 is 2.67 bits per heavy atom. The van der Waals surface area contributed by atoms with E-state index in [2.05, 4.69) is 9.88 Å². The van der Waals surface area contributed by atoms with Crippen molar-refractivity contribution in [1.82, 2.24) is 9.88 Å². The lowest BCUT2D eigenvalue weighted by Crippen LogP contribution is -2.40. The highest BCUT2D eigenvalue weighted by Crippen LogP contribution is 2.35. The van der Waals surface area contributed by atoms with E-state index < -0.39 is 0 Å². The Hall–Kier alpha value is -1.47. The van der Waals surface area contributed by atoms with Crippen molar-refractivity contribution in [2.45, 2.75) is 12.8 Å². The molecule has 21 heavy (non-hydrogen) atoms. The van der Waals surface area contributed by atoms with E-state index in [4.69, 9.17) is 0 Å². The van der Waals surface area contributed by atoms with E-state index in [0.717, 1.165) is 51.8 Å². The maximum Gasteiger partial charge on any atom is 0.225 e. The molecule has 112 valence electrons. The number of carbonyl (C=O) groups excluding carboxylic acids is 2. The monoisotopic (exact) mass is 323 g/mol. The van der Waals surface area contributed by atoms with Gasteiger partial charge in [0.25, 0.3) is 0 Å². The minimum Gasteiger partial charge on any atom is -0.349 e. The Labute approximate surface area is 131 Å². The van der Waals surface area contributed by atoms with Crippen molar-refractivity contribution in [2.75, 3.05) is 32.1 Å². The SMILES string of the molecule is CN(C)C(=O)C1CCN(c2nc3sc(C=O)cc3s2)CC1. The van der Waals surface area contributed by atoms with Crippen molar-refractivity contribution < 1.29 is 9.59 Å². The van der Waals surface area contributed by atoms with E-state index in [1.807, 2.05) is 20.2 Å². The number of hydrogen-bond donors (Lipinski definition) is 0. The standard InChI is InChI=1S/C14H17N3O2S2/c1-16(2)13(19)9-3-5-17(6-4-9)14-15-12-11(21-14)7-10(8-18)20-12/h7-9H,3-6H2,1-2H3. The molecule has 0 atom stereocenters. The maximum absolute atomic E-state index is 12.0. The summed E-state index contributed by atoms with van der Waals surface area (Å²) in [5.41, 5.74) is 0. The van der Waals surface area contributed by atoms with Gasteiger partial charge in [-0.15, -0.1) is 11.3 Å². The number of hydrogen-bond acceptors (Lipinski definition) is 6. The molecule has 0 aromatic carbocycles. The van der Waals surface area contributed by atoms with Gasteiger partial charge in [-0.05, 0) is 18.9 Å². The van der Waals surface area contributed by atoms with E-state index in [1.54, 1.807) is 16.2 Å². The van der Waals surface area contributed by atoms with Crippen molar-refractivity contribution in [3.8, 4) is 0 Å². The molecule has 0 aliphatic carbocycles. The normalized spacial score (nSPS) is 16.4. The van der Waals surface area contributed by atoms with Crippen LogP contribution < -0.4 is 4.90 Å². The molecular formula is C14H17N3O2S2. The number of carbonyl (C=O) groups is 2. The van der Waals surface area contributed by atoms with Gasteiger partial charge in [-0.3, -0.25) is 9.59 Å². The van der Waals surface area contributed by atoms with Gasteiger partial charge in [0.15, 0.2) is 11.4 Å². The Kier molecular flexibility index (Phi) is 3.95. The Bertz CT molecular complexity index is 637. The van der Waals surface area contributed by atoms with Gasteiger partial charge in [0.1, 0.15) is 4.83 Å². The van der Waals surface area contributed by atoms with Crippen molar-refractivity contribution >= 4 is 49.5 Å². The molecule has 2 aromatic rings. The Morgan fingerprint density at radius 1 is 1.38 bits per heavy atom. The van der Waals surface area contributed by atoms with E-state index in [-0.39, 0.29) is 11.8 Å². The average molecular weight is 323 g/mol. The zero-order valence-corrected chi connectivity index (χ0v) is 13.7. The lowest BCUT2D eigenvalue weighted by molar-refractivity contribution is -0.133. The zero-order valence-electron chi connectivity index (χ0n) is 12.0. The molecule has 0 saturated carbocycles. The van der Waals surface area contributed by atoms with Crippen molar-refractivity contribution in [2.24, 2.45) is 5.92 Å². The Morgan fingerprint density at radius 2 is 2.10 bits per heavy atom. The number of amides is 1. The smallest absolute Gasteiger partial charge is 0.225 e. The third-order valence-electron chi connectivity index (χ3n) is 3.77. The quantitative estimate of drug-likeness (QED) is 0.814. The first-order valence-electron chi connectivity index (χ1n) is 6.90. The molecular weight excluding hydrogens is 306 g/mol. The van der Waals surface area contributed by atoms with Crippen LogP contribution in [-0.2, 0) is 4.79 Å². The molecule has 0 N–H and O–H groups in total. The van der Waals surface area contributed by atoms with Crippen LogP contribution >= 0.6 is 22.7 Å². The first kappa shape index (κ1) is 14.5. The van der Waals surface area contributed by atoms with Gasteiger partial charge < -0.3 is 9.80 Å². The first-order valence-corrected chi connectivity index (χ1v) is 8.53. The number of thiophene rings is 1. The van der Waals surface area contributed by atoms with Crippen LogP contribution in [-0.4, -0.2) is 49.3 Å². The highest BCUT2D eigenvalue weighted by atomic mass is 32.1.